The minimum Gasteiger partial charge on any atom is -0.506 e. The van der Waals surface area contributed by atoms with Crippen LogP contribution < -0.4 is 19.5 Å². The molecule has 0 amide bonds. The van der Waals surface area contributed by atoms with E-state index >= 15 is 0 Å². The summed E-state index contributed by atoms with van der Waals surface area (Å²) in [6.07, 6.45) is 0.940. The molecular formula is C26H31FN2O6S. The van der Waals surface area contributed by atoms with Gasteiger partial charge in [0.25, 0.3) is 0 Å². The molecule has 0 fully saturated rings. The van der Waals surface area contributed by atoms with Crippen LogP contribution in [0, 0.1) is 5.82 Å². The summed E-state index contributed by atoms with van der Waals surface area (Å²) in [7, 11) is -0.456. The molecule has 194 valence electrons. The van der Waals surface area contributed by atoms with Crippen molar-refractivity contribution < 1.29 is 32.5 Å². The Kier molecular flexibility index (Phi) is 9.14. The van der Waals surface area contributed by atoms with Crippen LogP contribution in [0.15, 0.2) is 60.7 Å². The van der Waals surface area contributed by atoms with Crippen molar-refractivity contribution in [1.82, 2.24) is 5.32 Å². The fraction of sp³-hybridized carbons (Fsp3) is 0.308. The first-order chi connectivity index (χ1) is 17.1. The molecule has 0 spiro atoms. The third kappa shape index (κ3) is 7.84. The number of methoxy groups -OCH3 is 2. The quantitative estimate of drug-likeness (QED) is 0.272. The molecule has 4 N–H and O–H groups in total. The Morgan fingerprint density at radius 3 is 2.22 bits per heavy atom. The van der Waals surface area contributed by atoms with Crippen LogP contribution in [0.3, 0.4) is 0 Å². The number of sulfonamides is 1. The summed E-state index contributed by atoms with van der Waals surface area (Å²) in [4.78, 5) is 0. The largest absolute Gasteiger partial charge is 0.506 e. The van der Waals surface area contributed by atoms with Gasteiger partial charge in [-0.15, -0.1) is 0 Å². The lowest BCUT2D eigenvalue weighted by Gasteiger charge is -2.23. The van der Waals surface area contributed by atoms with E-state index in [1.165, 1.54) is 24.3 Å². The third-order valence-electron chi connectivity index (χ3n) is 5.59. The number of nitrogens with one attached hydrogen (secondary N) is 2. The maximum Gasteiger partial charge on any atom is 0.229 e. The highest BCUT2D eigenvalue weighted by Crippen LogP contribution is 2.31. The van der Waals surface area contributed by atoms with Crippen molar-refractivity contribution in [3.63, 3.8) is 0 Å². The summed E-state index contributed by atoms with van der Waals surface area (Å²) in [5, 5.41) is 24.0. The van der Waals surface area contributed by atoms with Gasteiger partial charge < -0.3 is 25.0 Å². The summed E-state index contributed by atoms with van der Waals surface area (Å²) < 4.78 is 49.5. The van der Waals surface area contributed by atoms with Crippen LogP contribution >= 0.6 is 0 Å². The van der Waals surface area contributed by atoms with Crippen molar-refractivity contribution in [3.05, 3.63) is 83.2 Å². The minimum atomic E-state index is -3.57. The number of aromatic hydroxyl groups is 1. The predicted octanol–water partition coefficient (Wildman–Crippen LogP) is 3.40. The van der Waals surface area contributed by atoms with Gasteiger partial charge in [-0.2, -0.15) is 0 Å². The van der Waals surface area contributed by atoms with Crippen LogP contribution in [0.25, 0.3) is 0 Å². The zero-order valence-corrected chi connectivity index (χ0v) is 21.2. The molecule has 8 nitrogen and oxygen atoms in total. The van der Waals surface area contributed by atoms with Gasteiger partial charge in [-0.1, -0.05) is 24.3 Å². The lowest BCUT2D eigenvalue weighted by molar-refractivity contribution is 0.167. The fourth-order valence-electron chi connectivity index (χ4n) is 3.85. The number of phenolic OH excluding ortho intramolecular Hbond substituents is 1. The van der Waals surface area contributed by atoms with E-state index in [1.54, 1.807) is 38.5 Å². The van der Waals surface area contributed by atoms with Gasteiger partial charge in [0, 0.05) is 12.6 Å². The molecule has 0 aromatic heterocycles. The number of aliphatic hydroxyl groups excluding tert-OH is 1. The van der Waals surface area contributed by atoms with E-state index in [9.17, 15) is 23.0 Å². The van der Waals surface area contributed by atoms with Crippen LogP contribution in [-0.2, 0) is 22.9 Å². The van der Waals surface area contributed by atoms with Gasteiger partial charge in [-0.25, -0.2) is 12.8 Å². The van der Waals surface area contributed by atoms with Gasteiger partial charge >= 0.3 is 0 Å². The number of benzene rings is 3. The first-order valence-electron chi connectivity index (χ1n) is 11.3. The molecule has 3 aromatic carbocycles. The van der Waals surface area contributed by atoms with Crippen LogP contribution in [0.5, 0.6) is 17.2 Å². The number of halogens is 1. The molecule has 0 saturated carbocycles. The van der Waals surface area contributed by atoms with Crippen molar-refractivity contribution in [2.45, 2.75) is 25.0 Å². The number of ether oxygens (including phenoxy) is 2. The topological polar surface area (TPSA) is 117 Å². The minimum absolute atomic E-state index is 0.0506. The zero-order valence-electron chi connectivity index (χ0n) is 20.4. The molecule has 0 aliphatic carbocycles. The number of hydrogen-bond donors (Lipinski definition) is 4. The molecule has 0 saturated heterocycles. The highest BCUT2D eigenvalue weighted by Gasteiger charge is 2.18. The van der Waals surface area contributed by atoms with Crippen molar-refractivity contribution in [2.75, 3.05) is 31.7 Å². The Hall–Kier alpha value is -3.34. The van der Waals surface area contributed by atoms with E-state index in [1.807, 2.05) is 12.1 Å². The van der Waals surface area contributed by atoms with Gasteiger partial charge in [0.05, 0.1) is 32.3 Å². The fourth-order valence-corrected chi connectivity index (χ4v) is 4.41. The molecule has 0 aliphatic heterocycles. The monoisotopic (exact) mass is 518 g/mol. The molecule has 0 heterocycles. The maximum absolute atomic E-state index is 13.4. The molecule has 3 aromatic rings. The van der Waals surface area contributed by atoms with E-state index in [2.05, 4.69) is 10.0 Å². The van der Waals surface area contributed by atoms with Gasteiger partial charge in [0.15, 0.2) is 11.5 Å². The summed E-state index contributed by atoms with van der Waals surface area (Å²) in [6, 6.07) is 16.1. The standard InChI is InChI=1S/C26H31FN2O6S/c1-34-25-11-7-19(15-26(25)35-2)22(13-17-4-8-20(27)9-5-17)28-16-21(30)12-18-6-10-24(31)23(14-18)29-36(3,32)33/h4-11,14-15,21-22,28-31H,12-13,16H2,1-3H3. The molecule has 0 radical (unpaired) electrons. The number of phenols is 1. The molecule has 10 heteroatoms. The summed E-state index contributed by atoms with van der Waals surface area (Å²) in [5.41, 5.74) is 2.51. The van der Waals surface area contributed by atoms with Gasteiger partial charge in [0.1, 0.15) is 11.6 Å². The average Bonchev–Trinajstić information content (AvgIpc) is 2.83. The van der Waals surface area contributed by atoms with Crippen molar-refractivity contribution in [2.24, 2.45) is 0 Å². The second kappa shape index (κ2) is 12.1. The predicted molar refractivity (Wildman–Crippen MR) is 137 cm³/mol. The van der Waals surface area contributed by atoms with E-state index in [4.69, 9.17) is 9.47 Å². The Morgan fingerprint density at radius 2 is 1.58 bits per heavy atom. The molecule has 36 heavy (non-hydrogen) atoms. The first-order valence-corrected chi connectivity index (χ1v) is 13.1. The van der Waals surface area contributed by atoms with Crippen LogP contribution in [-0.4, -0.2) is 51.8 Å². The van der Waals surface area contributed by atoms with E-state index in [0.717, 1.165) is 17.4 Å². The van der Waals surface area contributed by atoms with Gasteiger partial charge in [-0.05, 0) is 65.9 Å². The molecule has 0 bridgehead atoms. The third-order valence-corrected chi connectivity index (χ3v) is 6.18. The normalized spacial score (nSPS) is 13.1. The van der Waals surface area contributed by atoms with Crippen LogP contribution in [0.2, 0.25) is 0 Å². The smallest absolute Gasteiger partial charge is 0.229 e. The number of anilines is 1. The van der Waals surface area contributed by atoms with Crippen molar-refractivity contribution in [1.29, 1.82) is 0 Å². The lowest BCUT2D eigenvalue weighted by atomic mass is 9.97. The Morgan fingerprint density at radius 1 is 0.917 bits per heavy atom. The first kappa shape index (κ1) is 27.3. The Labute approximate surface area is 210 Å². The maximum atomic E-state index is 13.4. The van der Waals surface area contributed by atoms with Crippen LogP contribution in [0.4, 0.5) is 10.1 Å². The summed E-state index contributed by atoms with van der Waals surface area (Å²) >= 11 is 0. The zero-order chi connectivity index (χ0) is 26.3. The number of hydrogen-bond acceptors (Lipinski definition) is 7. The second-order valence-electron chi connectivity index (χ2n) is 8.49. The molecule has 2 unspecified atom stereocenters. The Balaban J connectivity index is 1.76. The van der Waals surface area contributed by atoms with Crippen molar-refractivity contribution >= 4 is 15.7 Å². The van der Waals surface area contributed by atoms with Gasteiger partial charge in [0.2, 0.25) is 10.0 Å². The SMILES string of the molecule is COc1ccc(C(Cc2ccc(F)cc2)NCC(O)Cc2ccc(O)c(NS(C)(=O)=O)c2)cc1OC. The molecule has 2 atom stereocenters. The van der Waals surface area contributed by atoms with Crippen molar-refractivity contribution in [3.8, 4) is 17.2 Å². The van der Waals surface area contributed by atoms with Crippen LogP contribution in [0.1, 0.15) is 22.7 Å². The average molecular weight is 519 g/mol. The summed E-state index contributed by atoms with van der Waals surface area (Å²) in [6.45, 7) is 0.218. The molecule has 3 rings (SSSR count). The molecular weight excluding hydrogens is 487 g/mol. The highest BCUT2D eigenvalue weighted by atomic mass is 32.2. The van der Waals surface area contributed by atoms with E-state index < -0.39 is 16.1 Å². The number of aliphatic hydroxyl groups is 1. The lowest BCUT2D eigenvalue weighted by Crippen LogP contribution is -2.32. The van der Waals surface area contributed by atoms with E-state index in [0.29, 0.717) is 23.5 Å². The molecule has 0 aliphatic rings. The Bertz CT molecular complexity index is 1270. The van der Waals surface area contributed by atoms with Gasteiger partial charge in [-0.3, -0.25) is 4.72 Å². The van der Waals surface area contributed by atoms with E-state index in [-0.39, 0.29) is 36.3 Å². The highest BCUT2D eigenvalue weighted by molar-refractivity contribution is 7.92. The number of rotatable bonds is 12. The second-order valence-corrected chi connectivity index (χ2v) is 10.2. The summed E-state index contributed by atoms with van der Waals surface area (Å²) in [5.74, 6) is 0.636.